The highest BCUT2D eigenvalue weighted by atomic mass is 16.5. The Bertz CT molecular complexity index is 1070. The van der Waals surface area contributed by atoms with Crippen molar-refractivity contribution in [3.63, 3.8) is 0 Å². The molecule has 0 amide bonds. The van der Waals surface area contributed by atoms with Crippen LogP contribution in [0, 0.1) is 0 Å². The SMILES string of the molecule is CC(C)c1ccccc1OCc1nc(N2CCc3ccccc3C2)ncc1C(=O)O. The summed E-state index contributed by atoms with van der Waals surface area (Å²) in [7, 11) is 0. The second kappa shape index (κ2) is 8.53. The molecule has 0 bridgehead atoms. The first-order valence-electron chi connectivity index (χ1n) is 10.2. The van der Waals surface area contributed by atoms with Crippen molar-refractivity contribution in [2.75, 3.05) is 11.4 Å². The Labute approximate surface area is 176 Å². The summed E-state index contributed by atoms with van der Waals surface area (Å²) >= 11 is 0. The highest BCUT2D eigenvalue weighted by molar-refractivity contribution is 5.88. The minimum atomic E-state index is -1.05. The molecule has 1 N–H and O–H groups in total. The summed E-state index contributed by atoms with van der Waals surface area (Å²) in [5.74, 6) is 0.525. The summed E-state index contributed by atoms with van der Waals surface area (Å²) < 4.78 is 6.00. The molecule has 2 heterocycles. The van der Waals surface area contributed by atoms with Crippen LogP contribution in [0.4, 0.5) is 5.95 Å². The van der Waals surface area contributed by atoms with E-state index in [1.165, 1.54) is 17.3 Å². The van der Waals surface area contributed by atoms with E-state index in [4.69, 9.17) is 4.74 Å². The number of aromatic carboxylic acids is 1. The highest BCUT2D eigenvalue weighted by Gasteiger charge is 2.21. The van der Waals surface area contributed by atoms with Gasteiger partial charge in [0.25, 0.3) is 0 Å². The van der Waals surface area contributed by atoms with E-state index in [2.05, 4.69) is 46.9 Å². The number of anilines is 1. The molecule has 0 saturated heterocycles. The third-order valence-corrected chi connectivity index (χ3v) is 5.40. The Morgan fingerprint density at radius 1 is 1.13 bits per heavy atom. The number of benzene rings is 2. The fourth-order valence-electron chi connectivity index (χ4n) is 3.75. The molecule has 154 valence electrons. The van der Waals surface area contributed by atoms with Crippen molar-refractivity contribution < 1.29 is 14.6 Å². The number of rotatable bonds is 6. The van der Waals surface area contributed by atoms with Gasteiger partial charge in [-0.15, -0.1) is 0 Å². The third kappa shape index (κ3) is 4.13. The molecule has 4 rings (SSSR count). The fourth-order valence-corrected chi connectivity index (χ4v) is 3.75. The predicted octanol–water partition coefficient (Wildman–Crippen LogP) is 4.44. The molecule has 1 aliphatic heterocycles. The first-order valence-corrected chi connectivity index (χ1v) is 10.2. The molecule has 1 aliphatic rings. The molecule has 0 radical (unpaired) electrons. The van der Waals surface area contributed by atoms with Gasteiger partial charge in [0.15, 0.2) is 0 Å². The van der Waals surface area contributed by atoms with Crippen molar-refractivity contribution in [3.05, 3.63) is 82.7 Å². The Hall–Kier alpha value is -3.41. The number of fused-ring (bicyclic) bond motifs is 1. The van der Waals surface area contributed by atoms with Gasteiger partial charge in [-0.1, -0.05) is 56.3 Å². The summed E-state index contributed by atoms with van der Waals surface area (Å²) in [6.45, 7) is 5.77. The van der Waals surface area contributed by atoms with Crippen molar-refractivity contribution >= 4 is 11.9 Å². The van der Waals surface area contributed by atoms with Gasteiger partial charge in [0.2, 0.25) is 5.95 Å². The van der Waals surface area contributed by atoms with Gasteiger partial charge in [0, 0.05) is 19.3 Å². The van der Waals surface area contributed by atoms with Gasteiger partial charge in [-0.2, -0.15) is 0 Å². The molecular formula is C24H25N3O3. The third-order valence-electron chi connectivity index (χ3n) is 5.40. The van der Waals surface area contributed by atoms with Crippen molar-refractivity contribution in [3.8, 4) is 5.75 Å². The standard InChI is InChI=1S/C24H25N3O3/c1-16(2)19-9-5-6-10-22(19)30-15-21-20(23(28)29)13-25-24(26-21)27-12-11-17-7-3-4-8-18(17)14-27/h3-10,13,16H,11-12,14-15H2,1-2H3,(H,28,29). The lowest BCUT2D eigenvalue weighted by Gasteiger charge is -2.29. The molecule has 6 heteroatoms. The van der Waals surface area contributed by atoms with Crippen molar-refractivity contribution in [1.29, 1.82) is 0 Å². The monoisotopic (exact) mass is 403 g/mol. The van der Waals surface area contributed by atoms with Gasteiger partial charge in [-0.3, -0.25) is 0 Å². The summed E-state index contributed by atoms with van der Waals surface area (Å²) in [6.07, 6.45) is 2.30. The molecule has 0 aliphatic carbocycles. The average molecular weight is 403 g/mol. The zero-order valence-corrected chi connectivity index (χ0v) is 17.2. The number of carboxylic acid groups (broad SMARTS) is 1. The summed E-state index contributed by atoms with van der Waals surface area (Å²) in [5, 5.41) is 9.59. The Morgan fingerprint density at radius 2 is 1.87 bits per heavy atom. The van der Waals surface area contributed by atoms with Crippen LogP contribution in [-0.4, -0.2) is 27.6 Å². The smallest absolute Gasteiger partial charge is 0.339 e. The lowest BCUT2D eigenvalue weighted by atomic mass is 10.0. The number of hydrogen-bond donors (Lipinski definition) is 1. The van der Waals surface area contributed by atoms with Crippen molar-refractivity contribution in [2.45, 2.75) is 39.3 Å². The molecule has 6 nitrogen and oxygen atoms in total. The Morgan fingerprint density at radius 3 is 2.63 bits per heavy atom. The van der Waals surface area contributed by atoms with Gasteiger partial charge in [-0.25, -0.2) is 14.8 Å². The summed E-state index contributed by atoms with van der Waals surface area (Å²) in [6, 6.07) is 16.2. The first-order chi connectivity index (χ1) is 14.5. The molecule has 0 unspecified atom stereocenters. The number of para-hydroxylation sites is 1. The number of aromatic nitrogens is 2. The molecule has 0 spiro atoms. The molecule has 0 fully saturated rings. The molecule has 0 saturated carbocycles. The van der Waals surface area contributed by atoms with Crippen molar-refractivity contribution in [1.82, 2.24) is 9.97 Å². The average Bonchev–Trinajstić information content (AvgIpc) is 2.77. The second-order valence-electron chi connectivity index (χ2n) is 7.76. The van der Waals surface area contributed by atoms with E-state index < -0.39 is 5.97 Å². The zero-order valence-electron chi connectivity index (χ0n) is 17.2. The van der Waals surface area contributed by atoms with Crippen LogP contribution < -0.4 is 9.64 Å². The van der Waals surface area contributed by atoms with Gasteiger partial charge in [-0.05, 0) is 35.1 Å². The van der Waals surface area contributed by atoms with Gasteiger partial charge in [0.1, 0.15) is 17.9 Å². The quantitative estimate of drug-likeness (QED) is 0.656. The lowest BCUT2D eigenvalue weighted by Crippen LogP contribution is -2.32. The Kier molecular flexibility index (Phi) is 5.65. The van der Waals surface area contributed by atoms with E-state index in [-0.39, 0.29) is 12.2 Å². The topological polar surface area (TPSA) is 75.5 Å². The maximum absolute atomic E-state index is 11.7. The lowest BCUT2D eigenvalue weighted by molar-refractivity contribution is 0.0692. The molecule has 3 aromatic rings. The van der Waals surface area contributed by atoms with Gasteiger partial charge >= 0.3 is 5.97 Å². The van der Waals surface area contributed by atoms with Crippen LogP contribution in [-0.2, 0) is 19.6 Å². The van der Waals surface area contributed by atoms with Gasteiger partial charge in [0.05, 0.1) is 5.69 Å². The van der Waals surface area contributed by atoms with E-state index >= 15 is 0 Å². The number of hydrogen-bond acceptors (Lipinski definition) is 5. The molecule has 2 aromatic carbocycles. The van der Waals surface area contributed by atoms with Crippen LogP contribution >= 0.6 is 0 Å². The van der Waals surface area contributed by atoms with Crippen LogP contribution in [0.15, 0.2) is 54.7 Å². The molecule has 1 aromatic heterocycles. The van der Waals surface area contributed by atoms with E-state index in [1.54, 1.807) is 0 Å². The zero-order chi connectivity index (χ0) is 21.1. The number of carboxylic acids is 1. The largest absolute Gasteiger partial charge is 0.487 e. The molecule has 0 atom stereocenters. The van der Waals surface area contributed by atoms with Crippen LogP contribution in [0.2, 0.25) is 0 Å². The minimum absolute atomic E-state index is 0.0678. The predicted molar refractivity (Wildman–Crippen MR) is 115 cm³/mol. The van der Waals surface area contributed by atoms with Crippen LogP contribution in [0.3, 0.4) is 0 Å². The number of carbonyl (C=O) groups is 1. The maximum atomic E-state index is 11.7. The van der Waals surface area contributed by atoms with E-state index in [9.17, 15) is 9.90 Å². The van der Waals surface area contributed by atoms with Gasteiger partial charge < -0.3 is 14.7 Å². The van der Waals surface area contributed by atoms with Crippen LogP contribution in [0.1, 0.15) is 52.5 Å². The normalized spacial score (nSPS) is 13.2. The molecular weight excluding hydrogens is 378 g/mol. The van der Waals surface area contributed by atoms with E-state index in [0.717, 1.165) is 24.3 Å². The minimum Gasteiger partial charge on any atom is -0.487 e. The molecule has 30 heavy (non-hydrogen) atoms. The second-order valence-corrected chi connectivity index (χ2v) is 7.76. The summed E-state index contributed by atoms with van der Waals surface area (Å²) in [4.78, 5) is 22.7. The van der Waals surface area contributed by atoms with Crippen molar-refractivity contribution in [2.24, 2.45) is 0 Å². The maximum Gasteiger partial charge on any atom is 0.339 e. The fraction of sp³-hybridized carbons (Fsp3) is 0.292. The van der Waals surface area contributed by atoms with Crippen LogP contribution in [0.5, 0.6) is 5.75 Å². The highest BCUT2D eigenvalue weighted by Crippen LogP contribution is 2.27. The van der Waals surface area contributed by atoms with Crippen LogP contribution in [0.25, 0.3) is 0 Å². The first kappa shape index (κ1) is 19.9. The summed E-state index contributed by atoms with van der Waals surface area (Å²) in [5.41, 5.74) is 4.11. The number of ether oxygens (including phenoxy) is 1. The number of nitrogens with zero attached hydrogens (tertiary/aromatic N) is 3. The Balaban J connectivity index is 1.59. The van der Waals surface area contributed by atoms with E-state index in [0.29, 0.717) is 24.1 Å². The van der Waals surface area contributed by atoms with E-state index in [1.807, 2.05) is 30.3 Å².